The molecule has 1 unspecified atom stereocenters. The van der Waals surface area contributed by atoms with Crippen LogP contribution < -0.4 is 15.7 Å². The van der Waals surface area contributed by atoms with Crippen molar-refractivity contribution in [3.8, 4) is 0 Å². The summed E-state index contributed by atoms with van der Waals surface area (Å²) in [6.45, 7) is 6.00. The van der Waals surface area contributed by atoms with Crippen molar-refractivity contribution >= 4 is 17.9 Å². The molecule has 0 bridgehead atoms. The van der Waals surface area contributed by atoms with E-state index in [4.69, 9.17) is 0 Å². The number of rotatable bonds is 7. The first-order valence-corrected chi connectivity index (χ1v) is 10.5. The topological polar surface area (TPSA) is 29.1 Å². The van der Waals surface area contributed by atoms with E-state index in [0.717, 1.165) is 16.2 Å². The zero-order valence-electron chi connectivity index (χ0n) is 15.0. The zero-order chi connectivity index (χ0) is 18.5. The van der Waals surface area contributed by atoms with Crippen LogP contribution in [0.25, 0.3) is 0 Å². The van der Waals surface area contributed by atoms with Crippen molar-refractivity contribution in [3.05, 3.63) is 109 Å². The summed E-state index contributed by atoms with van der Waals surface area (Å²) in [6.07, 6.45) is 2.54. The third-order valence-electron chi connectivity index (χ3n) is 4.61. The van der Waals surface area contributed by atoms with Crippen molar-refractivity contribution in [1.29, 1.82) is 0 Å². The first-order chi connectivity index (χ1) is 12.6. The molecule has 0 aromatic heterocycles. The summed E-state index contributed by atoms with van der Waals surface area (Å²) >= 11 is 0. The van der Waals surface area contributed by atoms with E-state index in [0.29, 0.717) is 6.42 Å². The molecular weight excluding hydrogens is 337 g/mol. The van der Waals surface area contributed by atoms with Crippen LogP contribution in [0.1, 0.15) is 18.9 Å². The van der Waals surface area contributed by atoms with Gasteiger partial charge in [0.25, 0.3) is 0 Å². The molecule has 1 atom stereocenters. The fourth-order valence-electron chi connectivity index (χ4n) is 3.22. The van der Waals surface area contributed by atoms with Gasteiger partial charge in [0.1, 0.15) is 0 Å². The zero-order valence-corrected chi connectivity index (χ0v) is 15.9. The third kappa shape index (κ3) is 3.72. The van der Waals surface area contributed by atoms with Crippen molar-refractivity contribution in [3.63, 3.8) is 0 Å². The smallest absolute Gasteiger partial charge is 0.205 e. The Kier molecular flexibility index (Phi) is 5.56. The van der Waals surface area contributed by atoms with Crippen LogP contribution in [-0.2, 0) is 10.1 Å². The Morgan fingerprint density at radius 3 is 1.69 bits per heavy atom. The monoisotopic (exact) mass is 361 g/mol. The average Bonchev–Trinajstić information content (AvgIpc) is 2.70. The first kappa shape index (κ1) is 18.4. The molecule has 3 aromatic rings. The molecule has 0 saturated heterocycles. The Balaban J connectivity index is 2.13. The largest absolute Gasteiger partial charge is 0.296 e. The Bertz CT molecular complexity index is 850. The predicted octanol–water partition coefficient (Wildman–Crippen LogP) is 5.00. The van der Waals surface area contributed by atoms with Crippen molar-refractivity contribution in [2.45, 2.75) is 18.9 Å². The highest BCUT2D eigenvalue weighted by Crippen LogP contribution is 2.44. The predicted molar refractivity (Wildman–Crippen MR) is 112 cm³/mol. The Hall–Kier alpha value is -2.41. The van der Waals surface area contributed by atoms with E-state index in [1.54, 1.807) is 0 Å². The highest BCUT2D eigenvalue weighted by molar-refractivity contribution is 7.77. The molecule has 132 valence electrons. The Morgan fingerprint density at radius 1 is 0.846 bits per heavy atom. The minimum atomic E-state index is -3.04. The molecule has 3 aromatic carbocycles. The number of nitrogens with one attached hydrogen (secondary N) is 1. The summed E-state index contributed by atoms with van der Waals surface area (Å²) in [5.41, 5.74) is 0.594. The van der Waals surface area contributed by atoms with E-state index in [1.807, 2.05) is 84.9 Å². The molecule has 0 saturated carbocycles. The van der Waals surface area contributed by atoms with Gasteiger partial charge in [0.05, 0.1) is 5.54 Å². The molecule has 0 amide bonds. The molecule has 0 aliphatic carbocycles. The van der Waals surface area contributed by atoms with Gasteiger partial charge >= 0.3 is 0 Å². The van der Waals surface area contributed by atoms with Gasteiger partial charge in [-0.3, -0.25) is 4.57 Å². The maximum Gasteiger partial charge on any atom is 0.205 e. The Labute approximate surface area is 156 Å². The summed E-state index contributed by atoms with van der Waals surface area (Å²) in [7, 11) is -3.04. The van der Waals surface area contributed by atoms with Crippen LogP contribution in [0.15, 0.2) is 104 Å². The lowest BCUT2D eigenvalue weighted by Gasteiger charge is -2.35. The average molecular weight is 361 g/mol. The van der Waals surface area contributed by atoms with Gasteiger partial charge in [-0.2, -0.15) is 0 Å². The van der Waals surface area contributed by atoms with Gasteiger partial charge in [0.2, 0.25) is 7.29 Å². The van der Waals surface area contributed by atoms with Gasteiger partial charge in [0, 0.05) is 10.6 Å². The number of benzene rings is 3. The van der Waals surface area contributed by atoms with Gasteiger partial charge in [-0.05, 0) is 43.2 Å². The van der Waals surface area contributed by atoms with Crippen molar-refractivity contribution < 1.29 is 4.57 Å². The summed E-state index contributed by atoms with van der Waals surface area (Å²) in [5.74, 6) is 0. The van der Waals surface area contributed by atoms with Crippen molar-refractivity contribution in [1.82, 2.24) is 5.09 Å². The molecule has 0 aliphatic rings. The lowest BCUT2D eigenvalue weighted by molar-refractivity contribution is 0.441. The van der Waals surface area contributed by atoms with Gasteiger partial charge < -0.3 is 0 Å². The van der Waals surface area contributed by atoms with E-state index in [9.17, 15) is 4.57 Å². The molecule has 2 nitrogen and oxygen atoms in total. The second-order valence-corrected chi connectivity index (χ2v) is 9.06. The minimum absolute atomic E-state index is 0.496. The quantitative estimate of drug-likeness (QED) is 0.474. The van der Waals surface area contributed by atoms with Crippen LogP contribution in [0.5, 0.6) is 0 Å². The maximum atomic E-state index is 14.3. The van der Waals surface area contributed by atoms with Gasteiger partial charge in [-0.15, -0.1) is 6.58 Å². The van der Waals surface area contributed by atoms with E-state index >= 15 is 0 Å². The minimum Gasteiger partial charge on any atom is -0.296 e. The Morgan fingerprint density at radius 2 is 1.27 bits per heavy atom. The van der Waals surface area contributed by atoms with E-state index in [1.165, 1.54) is 0 Å². The molecule has 1 N–H and O–H groups in total. The maximum absolute atomic E-state index is 14.3. The molecule has 0 radical (unpaired) electrons. The van der Waals surface area contributed by atoms with Crippen LogP contribution in [0.2, 0.25) is 0 Å². The lowest BCUT2D eigenvalue weighted by atomic mass is 9.90. The highest BCUT2D eigenvalue weighted by Gasteiger charge is 2.36. The van der Waals surface area contributed by atoms with Crippen molar-refractivity contribution in [2.24, 2.45) is 0 Å². The summed E-state index contributed by atoms with van der Waals surface area (Å²) in [4.78, 5) is 0. The standard InChI is InChI=1S/C23H24NOP/c1-3-19-23(2,20-13-7-4-8-14-20)24-26(25,21-15-9-5-10-16-21)22-17-11-6-12-18-22/h3-18H,1,19H2,2H3,(H,24,25). The summed E-state index contributed by atoms with van der Waals surface area (Å²) in [5, 5.41) is 5.15. The second-order valence-electron chi connectivity index (χ2n) is 6.58. The van der Waals surface area contributed by atoms with Crippen LogP contribution in [0.3, 0.4) is 0 Å². The van der Waals surface area contributed by atoms with Gasteiger partial charge in [-0.1, -0.05) is 72.8 Å². The molecule has 0 fully saturated rings. The van der Waals surface area contributed by atoms with E-state index < -0.39 is 12.8 Å². The van der Waals surface area contributed by atoms with E-state index in [-0.39, 0.29) is 0 Å². The molecule has 0 heterocycles. The van der Waals surface area contributed by atoms with Gasteiger partial charge in [-0.25, -0.2) is 5.09 Å². The highest BCUT2D eigenvalue weighted by atomic mass is 31.2. The normalized spacial score (nSPS) is 13.7. The lowest BCUT2D eigenvalue weighted by Crippen LogP contribution is -2.42. The van der Waals surface area contributed by atoms with Crippen LogP contribution in [0.4, 0.5) is 0 Å². The molecule has 3 heteroatoms. The third-order valence-corrected chi connectivity index (χ3v) is 7.47. The summed E-state index contributed by atoms with van der Waals surface area (Å²) in [6, 6.07) is 29.5. The van der Waals surface area contributed by atoms with Crippen LogP contribution in [0, 0.1) is 0 Å². The fourth-order valence-corrected chi connectivity index (χ4v) is 5.88. The molecule has 3 rings (SSSR count). The van der Waals surface area contributed by atoms with E-state index in [2.05, 4.69) is 30.7 Å². The molecule has 0 aliphatic heterocycles. The number of hydrogen-bond donors (Lipinski definition) is 1. The fraction of sp³-hybridized carbons (Fsp3) is 0.130. The molecular formula is C23H24NOP. The second kappa shape index (κ2) is 7.86. The molecule has 26 heavy (non-hydrogen) atoms. The van der Waals surface area contributed by atoms with Gasteiger partial charge in [0.15, 0.2) is 0 Å². The molecule has 0 spiro atoms. The van der Waals surface area contributed by atoms with Crippen LogP contribution >= 0.6 is 7.29 Å². The van der Waals surface area contributed by atoms with Crippen LogP contribution in [-0.4, -0.2) is 0 Å². The SMILES string of the molecule is C=CCC(C)(NP(=O)(c1ccccc1)c1ccccc1)c1ccccc1. The van der Waals surface area contributed by atoms with Crippen molar-refractivity contribution in [2.75, 3.05) is 0 Å². The summed E-state index contributed by atoms with van der Waals surface area (Å²) < 4.78 is 14.3. The number of hydrogen-bond acceptors (Lipinski definition) is 1. The first-order valence-electron chi connectivity index (χ1n) is 8.76.